The van der Waals surface area contributed by atoms with Crippen LogP contribution in [-0.2, 0) is 0 Å². The van der Waals surface area contributed by atoms with Gasteiger partial charge >= 0.3 is 0 Å². The molecule has 1 aliphatic heterocycles. The molecule has 3 aliphatic rings. The molecule has 2 aliphatic carbocycles. The first kappa shape index (κ1) is 13.9. The minimum Gasteiger partial charge on any atom is -0.313 e. The van der Waals surface area contributed by atoms with Gasteiger partial charge in [0, 0.05) is 25.7 Å². The number of hydrogen-bond acceptors (Lipinski definition) is 2. The molecule has 0 spiro atoms. The van der Waals surface area contributed by atoms with Crippen molar-refractivity contribution in [3.8, 4) is 0 Å². The molecule has 1 N–H and O–H groups in total. The fourth-order valence-electron chi connectivity index (χ4n) is 4.13. The Kier molecular flexibility index (Phi) is 4.19. The molecule has 19 heavy (non-hydrogen) atoms. The third-order valence-corrected chi connectivity index (χ3v) is 5.98. The first-order chi connectivity index (χ1) is 9.17. The molecule has 0 amide bonds. The van der Waals surface area contributed by atoms with Crippen molar-refractivity contribution >= 4 is 0 Å². The molecule has 2 nitrogen and oxygen atoms in total. The lowest BCUT2D eigenvalue weighted by atomic mass is 9.82. The highest BCUT2D eigenvalue weighted by Gasteiger charge is 2.38. The highest BCUT2D eigenvalue weighted by Crippen LogP contribution is 2.40. The van der Waals surface area contributed by atoms with Crippen molar-refractivity contribution in [3.63, 3.8) is 0 Å². The Hall–Kier alpha value is -0.0800. The fourth-order valence-corrected chi connectivity index (χ4v) is 4.13. The van der Waals surface area contributed by atoms with E-state index in [0.717, 1.165) is 17.9 Å². The predicted molar refractivity (Wildman–Crippen MR) is 81.3 cm³/mol. The number of piperidine rings is 1. The summed E-state index contributed by atoms with van der Waals surface area (Å²) < 4.78 is 0. The molecule has 0 bridgehead atoms. The monoisotopic (exact) mass is 264 g/mol. The van der Waals surface area contributed by atoms with E-state index in [0.29, 0.717) is 5.41 Å². The minimum absolute atomic E-state index is 0.614. The number of nitrogens with zero attached hydrogens (tertiary/aromatic N) is 1. The van der Waals surface area contributed by atoms with Gasteiger partial charge in [-0.1, -0.05) is 26.7 Å². The van der Waals surface area contributed by atoms with Crippen LogP contribution < -0.4 is 5.32 Å². The molecular formula is C17H32N2. The summed E-state index contributed by atoms with van der Waals surface area (Å²) in [5.41, 5.74) is 0.614. The van der Waals surface area contributed by atoms with Gasteiger partial charge in [-0.25, -0.2) is 0 Å². The fraction of sp³-hybridized carbons (Fsp3) is 1.00. The van der Waals surface area contributed by atoms with Crippen LogP contribution in [0.4, 0.5) is 0 Å². The zero-order valence-electron chi connectivity index (χ0n) is 13.0. The summed E-state index contributed by atoms with van der Waals surface area (Å²) in [5, 5.41) is 3.82. The van der Waals surface area contributed by atoms with Crippen LogP contribution in [0, 0.1) is 17.3 Å². The van der Waals surface area contributed by atoms with Crippen LogP contribution in [0.15, 0.2) is 0 Å². The van der Waals surface area contributed by atoms with Crippen molar-refractivity contribution in [3.05, 3.63) is 0 Å². The second kappa shape index (κ2) is 5.73. The van der Waals surface area contributed by atoms with Gasteiger partial charge in [-0.3, -0.25) is 0 Å². The van der Waals surface area contributed by atoms with Gasteiger partial charge in [-0.05, 0) is 55.9 Å². The van der Waals surface area contributed by atoms with Crippen molar-refractivity contribution < 1.29 is 0 Å². The summed E-state index contributed by atoms with van der Waals surface area (Å²) >= 11 is 0. The maximum absolute atomic E-state index is 3.82. The van der Waals surface area contributed by atoms with Crippen LogP contribution in [0.2, 0.25) is 0 Å². The van der Waals surface area contributed by atoms with Crippen molar-refractivity contribution in [2.75, 3.05) is 26.2 Å². The van der Waals surface area contributed by atoms with Gasteiger partial charge in [-0.2, -0.15) is 0 Å². The second-order valence-corrected chi connectivity index (χ2v) is 7.84. The Morgan fingerprint density at radius 2 is 1.79 bits per heavy atom. The molecule has 1 saturated heterocycles. The van der Waals surface area contributed by atoms with Crippen molar-refractivity contribution in [1.82, 2.24) is 10.2 Å². The zero-order chi connectivity index (χ0) is 13.3. The summed E-state index contributed by atoms with van der Waals surface area (Å²) in [4.78, 5) is 2.78. The molecule has 2 atom stereocenters. The SMILES string of the molecule is CC1CCN(CC2(CNC3CC3)CCCC2)CC1C. The maximum Gasteiger partial charge on any atom is 0.00684 e. The van der Waals surface area contributed by atoms with Gasteiger partial charge in [0.25, 0.3) is 0 Å². The molecular weight excluding hydrogens is 232 g/mol. The van der Waals surface area contributed by atoms with E-state index in [1.54, 1.807) is 0 Å². The lowest BCUT2D eigenvalue weighted by Gasteiger charge is -2.41. The van der Waals surface area contributed by atoms with Crippen molar-refractivity contribution in [2.45, 2.75) is 64.8 Å². The van der Waals surface area contributed by atoms with Crippen LogP contribution in [0.1, 0.15) is 58.8 Å². The quantitative estimate of drug-likeness (QED) is 0.820. The highest BCUT2D eigenvalue weighted by atomic mass is 15.1. The lowest BCUT2D eigenvalue weighted by molar-refractivity contribution is 0.0833. The summed E-state index contributed by atoms with van der Waals surface area (Å²) in [5.74, 6) is 1.82. The van der Waals surface area contributed by atoms with Crippen molar-refractivity contribution in [1.29, 1.82) is 0 Å². The van der Waals surface area contributed by atoms with Gasteiger partial charge in [0.1, 0.15) is 0 Å². The minimum atomic E-state index is 0.614. The Labute approximate surface area is 119 Å². The number of rotatable bonds is 5. The number of hydrogen-bond donors (Lipinski definition) is 1. The molecule has 2 unspecified atom stereocenters. The van der Waals surface area contributed by atoms with E-state index >= 15 is 0 Å². The van der Waals surface area contributed by atoms with Gasteiger partial charge in [-0.15, -0.1) is 0 Å². The van der Waals surface area contributed by atoms with Crippen LogP contribution in [0.25, 0.3) is 0 Å². The Bertz CT molecular complexity index is 292. The van der Waals surface area contributed by atoms with Crippen LogP contribution in [-0.4, -0.2) is 37.1 Å². The molecule has 2 saturated carbocycles. The molecule has 3 fully saturated rings. The third-order valence-electron chi connectivity index (χ3n) is 5.98. The molecule has 0 aromatic carbocycles. The first-order valence-corrected chi connectivity index (χ1v) is 8.63. The molecule has 1 heterocycles. The van der Waals surface area contributed by atoms with E-state index in [4.69, 9.17) is 0 Å². The zero-order valence-corrected chi connectivity index (χ0v) is 13.0. The first-order valence-electron chi connectivity index (χ1n) is 8.63. The normalized spacial score (nSPS) is 35.7. The smallest absolute Gasteiger partial charge is 0.00684 e. The maximum atomic E-state index is 3.82. The third kappa shape index (κ3) is 3.52. The molecule has 0 radical (unpaired) electrons. The van der Waals surface area contributed by atoms with E-state index in [1.165, 1.54) is 71.1 Å². The standard InChI is InChI=1S/C17H32N2/c1-14-7-10-19(11-15(14)2)13-17(8-3-4-9-17)12-18-16-5-6-16/h14-16,18H,3-13H2,1-2H3. The molecule has 3 rings (SSSR count). The van der Waals surface area contributed by atoms with Crippen LogP contribution in [0.3, 0.4) is 0 Å². The van der Waals surface area contributed by atoms with Crippen molar-refractivity contribution in [2.24, 2.45) is 17.3 Å². The van der Waals surface area contributed by atoms with Gasteiger partial charge < -0.3 is 10.2 Å². The summed E-state index contributed by atoms with van der Waals surface area (Å²) in [6.45, 7) is 10.2. The Morgan fingerprint density at radius 3 is 2.42 bits per heavy atom. The largest absolute Gasteiger partial charge is 0.313 e. The number of nitrogens with one attached hydrogen (secondary N) is 1. The summed E-state index contributed by atoms with van der Waals surface area (Å²) in [6.07, 6.45) is 10.1. The highest BCUT2D eigenvalue weighted by molar-refractivity contribution is 4.93. The molecule has 0 aromatic rings. The lowest BCUT2D eigenvalue weighted by Crippen LogP contribution is -2.47. The average molecular weight is 264 g/mol. The van der Waals surface area contributed by atoms with Crippen LogP contribution >= 0.6 is 0 Å². The van der Waals surface area contributed by atoms with E-state index in [2.05, 4.69) is 24.1 Å². The number of likely N-dealkylation sites (tertiary alicyclic amines) is 1. The van der Waals surface area contributed by atoms with E-state index in [-0.39, 0.29) is 0 Å². The summed E-state index contributed by atoms with van der Waals surface area (Å²) in [6, 6.07) is 0.873. The van der Waals surface area contributed by atoms with Gasteiger partial charge in [0.2, 0.25) is 0 Å². The average Bonchev–Trinajstić information content (AvgIpc) is 3.12. The van der Waals surface area contributed by atoms with Gasteiger partial charge in [0.15, 0.2) is 0 Å². The summed E-state index contributed by atoms with van der Waals surface area (Å²) in [7, 11) is 0. The van der Waals surface area contributed by atoms with Gasteiger partial charge in [0.05, 0.1) is 0 Å². The van der Waals surface area contributed by atoms with E-state index in [1.807, 2.05) is 0 Å². The Morgan fingerprint density at radius 1 is 1.05 bits per heavy atom. The molecule has 110 valence electrons. The van der Waals surface area contributed by atoms with E-state index in [9.17, 15) is 0 Å². The predicted octanol–water partition coefficient (Wildman–Crippen LogP) is 3.28. The molecule has 0 aromatic heterocycles. The molecule has 2 heteroatoms. The Balaban J connectivity index is 1.54. The topological polar surface area (TPSA) is 15.3 Å². The second-order valence-electron chi connectivity index (χ2n) is 7.84. The van der Waals surface area contributed by atoms with E-state index < -0.39 is 0 Å². The van der Waals surface area contributed by atoms with Crippen LogP contribution in [0.5, 0.6) is 0 Å².